The van der Waals surface area contributed by atoms with Crippen molar-refractivity contribution in [3.05, 3.63) is 56.0 Å². The maximum Gasteiger partial charge on any atom is 0.345 e. The molecule has 0 atom stereocenters. The normalized spacial score (nSPS) is 10.9. The highest BCUT2D eigenvalue weighted by Gasteiger charge is 2.16. The van der Waals surface area contributed by atoms with Crippen LogP contribution in [-0.4, -0.2) is 21.1 Å². The summed E-state index contributed by atoms with van der Waals surface area (Å²) in [7, 11) is 0. The Morgan fingerprint density at radius 2 is 2.09 bits per heavy atom. The summed E-state index contributed by atoms with van der Waals surface area (Å²) < 4.78 is 5.20. The summed E-state index contributed by atoms with van der Waals surface area (Å²) in [6.45, 7) is 0. The number of aromatic nitrogens is 2. The highest BCUT2D eigenvalue weighted by atomic mass is 35.5. The van der Waals surface area contributed by atoms with E-state index in [0.717, 1.165) is 0 Å². The van der Waals surface area contributed by atoms with E-state index in [1.807, 2.05) is 0 Å². The molecular weight excluding hydrogens is 342 g/mol. The fraction of sp³-hybridized carbons (Fsp3) is 0.0714. The molecule has 9 heteroatoms. The molecule has 0 unspecified atom stereocenters. The van der Waals surface area contributed by atoms with Crippen LogP contribution in [0.4, 0.5) is 5.69 Å². The molecule has 0 aliphatic rings. The van der Waals surface area contributed by atoms with Crippen LogP contribution >= 0.6 is 23.4 Å². The van der Waals surface area contributed by atoms with E-state index in [-0.39, 0.29) is 27.6 Å². The fourth-order valence-electron chi connectivity index (χ4n) is 2.02. The standard InChI is InChI=1S/C14H8ClN3O4S/c1-23-14-16-6-7-4-10(13(19)22-12(7)17-14)9-5-8(18(20)21)2-3-11(9)15/h2-6H,1H3. The molecule has 0 fully saturated rings. The van der Waals surface area contributed by atoms with Crippen LogP contribution in [0.2, 0.25) is 5.02 Å². The Hall–Kier alpha value is -2.45. The van der Waals surface area contributed by atoms with Crippen LogP contribution in [0.1, 0.15) is 0 Å². The Kier molecular flexibility index (Phi) is 4.01. The number of nitrogens with zero attached hydrogens (tertiary/aromatic N) is 3. The van der Waals surface area contributed by atoms with Gasteiger partial charge < -0.3 is 4.42 Å². The number of non-ortho nitro benzene ring substituents is 1. The Balaban J connectivity index is 2.24. The van der Waals surface area contributed by atoms with E-state index < -0.39 is 10.5 Å². The van der Waals surface area contributed by atoms with Gasteiger partial charge in [-0.1, -0.05) is 23.4 Å². The van der Waals surface area contributed by atoms with Crippen molar-refractivity contribution < 1.29 is 9.34 Å². The van der Waals surface area contributed by atoms with E-state index in [1.54, 1.807) is 6.26 Å². The van der Waals surface area contributed by atoms with E-state index in [2.05, 4.69) is 9.97 Å². The van der Waals surface area contributed by atoms with Gasteiger partial charge in [0.1, 0.15) is 0 Å². The van der Waals surface area contributed by atoms with Crippen molar-refractivity contribution in [1.82, 2.24) is 9.97 Å². The minimum atomic E-state index is -0.675. The largest absolute Gasteiger partial charge is 0.403 e. The first kappa shape index (κ1) is 15.4. The first-order chi connectivity index (χ1) is 11.0. The molecule has 3 aromatic rings. The summed E-state index contributed by atoms with van der Waals surface area (Å²) in [6.07, 6.45) is 3.32. The fourth-order valence-corrected chi connectivity index (χ4v) is 2.57. The Bertz CT molecular complexity index is 989. The lowest BCUT2D eigenvalue weighted by Gasteiger charge is -2.05. The van der Waals surface area contributed by atoms with Gasteiger partial charge in [0, 0.05) is 28.9 Å². The van der Waals surface area contributed by atoms with E-state index in [1.165, 1.54) is 42.2 Å². The van der Waals surface area contributed by atoms with E-state index in [9.17, 15) is 14.9 Å². The van der Waals surface area contributed by atoms with Gasteiger partial charge in [0.05, 0.1) is 15.9 Å². The van der Waals surface area contributed by atoms with Gasteiger partial charge in [0.2, 0.25) is 5.71 Å². The third kappa shape index (κ3) is 2.90. The lowest BCUT2D eigenvalue weighted by Crippen LogP contribution is -2.04. The number of halogens is 1. The number of nitro benzene ring substituents is 1. The highest BCUT2D eigenvalue weighted by Crippen LogP contribution is 2.31. The molecule has 0 saturated carbocycles. The van der Waals surface area contributed by atoms with Gasteiger partial charge in [0.15, 0.2) is 5.16 Å². The quantitative estimate of drug-likeness (QED) is 0.308. The number of hydrogen-bond acceptors (Lipinski definition) is 7. The van der Waals surface area contributed by atoms with Crippen molar-refractivity contribution in [2.45, 2.75) is 5.16 Å². The van der Waals surface area contributed by atoms with Crippen LogP contribution in [0.25, 0.3) is 22.2 Å². The Morgan fingerprint density at radius 3 is 2.78 bits per heavy atom. The van der Waals surface area contributed by atoms with Crippen LogP contribution in [0.15, 0.2) is 44.8 Å². The Morgan fingerprint density at radius 1 is 1.30 bits per heavy atom. The van der Waals surface area contributed by atoms with E-state index >= 15 is 0 Å². The monoisotopic (exact) mass is 349 g/mol. The molecule has 0 amide bonds. The molecular formula is C14H8ClN3O4S. The van der Waals surface area contributed by atoms with Gasteiger partial charge >= 0.3 is 5.63 Å². The lowest BCUT2D eigenvalue weighted by molar-refractivity contribution is -0.384. The van der Waals surface area contributed by atoms with Crippen molar-refractivity contribution in [2.75, 3.05) is 6.26 Å². The second-order valence-corrected chi connectivity index (χ2v) is 5.67. The zero-order valence-electron chi connectivity index (χ0n) is 11.6. The minimum Gasteiger partial charge on any atom is -0.403 e. The first-order valence-electron chi connectivity index (χ1n) is 6.29. The molecule has 2 aromatic heterocycles. The predicted octanol–water partition coefficient (Wildman–Crippen LogP) is 3.53. The molecule has 0 radical (unpaired) electrons. The smallest absolute Gasteiger partial charge is 0.345 e. The number of rotatable bonds is 3. The molecule has 23 heavy (non-hydrogen) atoms. The molecule has 1 aromatic carbocycles. The molecule has 0 N–H and O–H groups in total. The van der Waals surface area contributed by atoms with Crippen LogP contribution < -0.4 is 5.63 Å². The molecule has 0 bridgehead atoms. The van der Waals surface area contributed by atoms with Gasteiger partial charge in [-0.25, -0.2) is 9.78 Å². The number of benzene rings is 1. The predicted molar refractivity (Wildman–Crippen MR) is 87.0 cm³/mol. The molecule has 0 spiro atoms. The number of hydrogen-bond donors (Lipinski definition) is 0. The lowest BCUT2D eigenvalue weighted by atomic mass is 10.1. The van der Waals surface area contributed by atoms with Gasteiger partial charge in [-0.15, -0.1) is 0 Å². The van der Waals surface area contributed by atoms with E-state index in [4.69, 9.17) is 16.0 Å². The van der Waals surface area contributed by atoms with Crippen molar-refractivity contribution in [2.24, 2.45) is 0 Å². The van der Waals surface area contributed by atoms with Gasteiger partial charge in [-0.05, 0) is 18.4 Å². The van der Waals surface area contributed by atoms with Crippen LogP contribution in [0, 0.1) is 10.1 Å². The average molecular weight is 350 g/mol. The SMILES string of the molecule is CSc1ncc2cc(-c3cc([N+](=O)[O-])ccc3Cl)c(=O)oc2n1. The molecule has 0 saturated heterocycles. The zero-order chi connectivity index (χ0) is 16.6. The molecule has 116 valence electrons. The third-order valence-corrected chi connectivity index (χ3v) is 3.99. The Labute approximate surface area is 138 Å². The molecule has 2 heterocycles. The summed E-state index contributed by atoms with van der Waals surface area (Å²) in [5.74, 6) is 0. The number of nitro groups is 1. The van der Waals surface area contributed by atoms with Crippen molar-refractivity contribution in [1.29, 1.82) is 0 Å². The second kappa shape index (κ2) is 5.98. The topological polar surface area (TPSA) is 99.1 Å². The van der Waals surface area contributed by atoms with Gasteiger partial charge in [0.25, 0.3) is 5.69 Å². The number of thioether (sulfide) groups is 1. The van der Waals surface area contributed by atoms with Gasteiger partial charge in [-0.3, -0.25) is 10.1 Å². The zero-order valence-corrected chi connectivity index (χ0v) is 13.2. The summed E-state index contributed by atoms with van der Waals surface area (Å²) in [5, 5.41) is 12.1. The van der Waals surface area contributed by atoms with Crippen LogP contribution in [-0.2, 0) is 0 Å². The summed E-state index contributed by atoms with van der Waals surface area (Å²) >= 11 is 7.39. The maximum atomic E-state index is 12.2. The average Bonchev–Trinajstić information content (AvgIpc) is 2.54. The third-order valence-electron chi connectivity index (χ3n) is 3.10. The van der Waals surface area contributed by atoms with Crippen molar-refractivity contribution in [3.8, 4) is 11.1 Å². The first-order valence-corrected chi connectivity index (χ1v) is 7.89. The summed E-state index contributed by atoms with van der Waals surface area (Å²) in [6, 6.07) is 5.38. The maximum absolute atomic E-state index is 12.2. The van der Waals surface area contributed by atoms with Crippen molar-refractivity contribution in [3.63, 3.8) is 0 Å². The van der Waals surface area contributed by atoms with E-state index in [0.29, 0.717) is 10.5 Å². The van der Waals surface area contributed by atoms with Crippen LogP contribution in [0.5, 0.6) is 0 Å². The highest BCUT2D eigenvalue weighted by molar-refractivity contribution is 7.98. The second-order valence-electron chi connectivity index (χ2n) is 4.49. The molecule has 7 nitrogen and oxygen atoms in total. The number of fused-ring (bicyclic) bond motifs is 1. The van der Waals surface area contributed by atoms with Crippen molar-refractivity contribution >= 4 is 40.1 Å². The van der Waals surface area contributed by atoms with Gasteiger partial charge in [-0.2, -0.15) is 4.98 Å². The molecule has 0 aliphatic carbocycles. The van der Waals surface area contributed by atoms with Crippen LogP contribution in [0.3, 0.4) is 0 Å². The minimum absolute atomic E-state index is 0.117. The molecule has 3 rings (SSSR count). The molecule has 0 aliphatic heterocycles. The summed E-state index contributed by atoms with van der Waals surface area (Å²) in [4.78, 5) is 30.8. The summed E-state index contributed by atoms with van der Waals surface area (Å²) in [5.41, 5.74) is -0.347.